The molecule has 1 fully saturated rings. The normalized spacial score (nSPS) is 19.0. The summed E-state index contributed by atoms with van der Waals surface area (Å²) in [7, 11) is 2.13. The molecule has 0 aliphatic carbocycles. The molecule has 0 radical (unpaired) electrons. The lowest BCUT2D eigenvalue weighted by Gasteiger charge is -2.42. The zero-order chi connectivity index (χ0) is 34.0. The van der Waals surface area contributed by atoms with Crippen molar-refractivity contribution in [3.63, 3.8) is 0 Å². The molecule has 2 amide bonds. The topological polar surface area (TPSA) is 83.1 Å². The van der Waals surface area contributed by atoms with Crippen LogP contribution in [0, 0.1) is 5.92 Å². The van der Waals surface area contributed by atoms with E-state index in [1.165, 1.54) is 5.56 Å². The average Bonchev–Trinajstić information content (AvgIpc) is 3.15. The van der Waals surface area contributed by atoms with Crippen molar-refractivity contribution in [3.8, 4) is 11.1 Å². The van der Waals surface area contributed by atoms with Crippen molar-refractivity contribution in [3.05, 3.63) is 167 Å². The van der Waals surface area contributed by atoms with Crippen LogP contribution in [0.4, 0.5) is 4.79 Å². The first-order valence-corrected chi connectivity index (χ1v) is 16.9. The van der Waals surface area contributed by atoms with Crippen LogP contribution in [-0.4, -0.2) is 35.7 Å². The van der Waals surface area contributed by atoms with E-state index in [1.807, 2.05) is 60.7 Å². The molecule has 1 aliphatic rings. The van der Waals surface area contributed by atoms with Crippen molar-refractivity contribution in [1.82, 2.24) is 15.5 Å². The zero-order valence-electron chi connectivity index (χ0n) is 28.2. The number of hydrogen-bond acceptors (Lipinski definition) is 5. The molecule has 1 aliphatic heterocycles. The van der Waals surface area contributed by atoms with Gasteiger partial charge in [-0.2, -0.15) is 0 Å². The van der Waals surface area contributed by atoms with E-state index in [0.29, 0.717) is 13.1 Å². The summed E-state index contributed by atoms with van der Waals surface area (Å²) >= 11 is 0. The summed E-state index contributed by atoms with van der Waals surface area (Å²) in [6.07, 6.45) is -0.771. The molecule has 6 rings (SSSR count). The molecule has 5 aromatic rings. The van der Waals surface area contributed by atoms with E-state index in [2.05, 4.69) is 102 Å². The minimum atomic E-state index is -0.534. The van der Waals surface area contributed by atoms with Crippen LogP contribution in [0.5, 0.6) is 0 Å². The Bertz CT molecular complexity index is 1760. The SMILES string of the molecule is C[C@@H]1[C@H](CN(C)Cc2ccccc2)O[C@H](c2ccc(-c3cccc(CNC(=O)NCc4ccccc4)c3)cc2)O[C@@H]1c1ccc(CO)cc1. The fraction of sp³-hybridized carbons (Fsp3) is 0.262. The maximum Gasteiger partial charge on any atom is 0.315 e. The highest BCUT2D eigenvalue weighted by molar-refractivity contribution is 5.74. The minimum Gasteiger partial charge on any atom is -0.392 e. The van der Waals surface area contributed by atoms with Crippen molar-refractivity contribution in [2.75, 3.05) is 13.6 Å². The first-order chi connectivity index (χ1) is 23.9. The van der Waals surface area contributed by atoms with Gasteiger partial charge < -0.3 is 25.2 Å². The molecule has 3 N–H and O–H groups in total. The predicted octanol–water partition coefficient (Wildman–Crippen LogP) is 7.77. The van der Waals surface area contributed by atoms with Gasteiger partial charge in [0.1, 0.15) is 0 Å². The molecule has 0 bridgehead atoms. The number of aliphatic hydroxyl groups excluding tert-OH is 1. The molecule has 0 saturated carbocycles. The van der Waals surface area contributed by atoms with Gasteiger partial charge in [-0.05, 0) is 52.1 Å². The lowest BCUT2D eigenvalue weighted by atomic mass is 9.90. The summed E-state index contributed by atoms with van der Waals surface area (Å²) < 4.78 is 13.4. The van der Waals surface area contributed by atoms with Gasteiger partial charge in [0.2, 0.25) is 0 Å². The van der Waals surface area contributed by atoms with Crippen molar-refractivity contribution >= 4 is 6.03 Å². The second-order valence-corrected chi connectivity index (χ2v) is 12.8. The smallest absolute Gasteiger partial charge is 0.315 e. The van der Waals surface area contributed by atoms with Crippen molar-refractivity contribution in [2.45, 2.75) is 51.7 Å². The number of nitrogens with one attached hydrogen (secondary N) is 2. The molecular formula is C42H45N3O4. The number of carbonyl (C=O) groups excluding carboxylic acids is 1. The number of benzene rings is 5. The highest BCUT2D eigenvalue weighted by Gasteiger charge is 2.38. The molecule has 7 heteroatoms. The molecule has 0 unspecified atom stereocenters. The van der Waals surface area contributed by atoms with Gasteiger partial charge in [-0.3, -0.25) is 4.90 Å². The van der Waals surface area contributed by atoms with Crippen LogP contribution in [-0.2, 0) is 35.7 Å². The number of ether oxygens (including phenoxy) is 2. The molecule has 4 atom stereocenters. The van der Waals surface area contributed by atoms with Crippen LogP contribution in [0.15, 0.2) is 133 Å². The summed E-state index contributed by atoms with van der Waals surface area (Å²) in [5.41, 5.74) is 8.37. The Morgan fingerprint density at radius 1 is 0.673 bits per heavy atom. The monoisotopic (exact) mass is 655 g/mol. The van der Waals surface area contributed by atoms with Gasteiger partial charge in [0.15, 0.2) is 6.29 Å². The maximum absolute atomic E-state index is 12.4. The Hall–Kier alpha value is -4.79. The second-order valence-electron chi connectivity index (χ2n) is 12.8. The number of urea groups is 1. The third kappa shape index (κ3) is 9.22. The maximum atomic E-state index is 12.4. The van der Waals surface area contributed by atoms with Gasteiger partial charge in [0.05, 0.1) is 18.8 Å². The molecule has 0 aromatic heterocycles. The predicted molar refractivity (Wildman–Crippen MR) is 193 cm³/mol. The number of rotatable bonds is 12. The first-order valence-electron chi connectivity index (χ1n) is 16.9. The molecule has 1 heterocycles. The summed E-state index contributed by atoms with van der Waals surface area (Å²) in [6.45, 7) is 4.69. The minimum absolute atomic E-state index is 0.00978. The quantitative estimate of drug-likeness (QED) is 0.128. The molecular weight excluding hydrogens is 610 g/mol. The van der Waals surface area contributed by atoms with E-state index in [-0.39, 0.29) is 30.8 Å². The van der Waals surface area contributed by atoms with E-state index in [9.17, 15) is 9.90 Å². The second kappa shape index (κ2) is 16.5. The van der Waals surface area contributed by atoms with Gasteiger partial charge in [-0.15, -0.1) is 0 Å². The van der Waals surface area contributed by atoms with Crippen LogP contribution in [0.2, 0.25) is 0 Å². The van der Waals surface area contributed by atoms with Gasteiger partial charge in [0.25, 0.3) is 0 Å². The number of hydrogen-bond donors (Lipinski definition) is 3. The van der Waals surface area contributed by atoms with Crippen molar-refractivity contribution in [1.29, 1.82) is 0 Å². The summed E-state index contributed by atoms with van der Waals surface area (Å²) in [5.74, 6) is 0.102. The number of amides is 2. The van der Waals surface area contributed by atoms with E-state index < -0.39 is 6.29 Å². The van der Waals surface area contributed by atoms with E-state index >= 15 is 0 Å². The van der Waals surface area contributed by atoms with Crippen LogP contribution in [0.3, 0.4) is 0 Å². The first kappa shape index (κ1) is 34.1. The summed E-state index contributed by atoms with van der Waals surface area (Å²) in [4.78, 5) is 14.7. The Balaban J connectivity index is 1.13. The Morgan fingerprint density at radius 3 is 1.96 bits per heavy atom. The highest BCUT2D eigenvalue weighted by Crippen LogP contribution is 2.42. The molecule has 1 saturated heterocycles. The lowest BCUT2D eigenvalue weighted by molar-refractivity contribution is -0.276. The number of nitrogens with zero attached hydrogens (tertiary/aromatic N) is 1. The fourth-order valence-corrected chi connectivity index (χ4v) is 6.31. The average molecular weight is 656 g/mol. The van der Waals surface area contributed by atoms with E-state index in [4.69, 9.17) is 9.47 Å². The van der Waals surface area contributed by atoms with Crippen LogP contribution < -0.4 is 10.6 Å². The van der Waals surface area contributed by atoms with Crippen molar-refractivity contribution in [2.24, 2.45) is 5.92 Å². The third-order valence-electron chi connectivity index (χ3n) is 9.10. The number of aliphatic hydroxyl groups is 1. The van der Waals surface area contributed by atoms with Crippen molar-refractivity contribution < 1.29 is 19.4 Å². The van der Waals surface area contributed by atoms with Gasteiger partial charge >= 0.3 is 6.03 Å². The Kier molecular flexibility index (Phi) is 11.5. The van der Waals surface area contributed by atoms with Crippen LogP contribution >= 0.6 is 0 Å². The summed E-state index contributed by atoms with van der Waals surface area (Å²) in [5, 5.41) is 15.5. The van der Waals surface area contributed by atoms with E-state index in [0.717, 1.165) is 52.0 Å². The standard InChI is InChI=1S/C42H45N3O4/c1-30-39(28-45(2)27-32-12-7-4-8-13-32)48-41(49-40(30)36-18-16-33(29-46)17-19-36)37-22-20-35(21-23-37)38-15-9-14-34(24-38)26-44-42(47)43-25-31-10-5-3-6-11-31/h3-24,30,39-41,46H,25-29H2,1-2H3,(H2,43,44,47)/t30-,39+,40+,41+/m1/s1. The highest BCUT2D eigenvalue weighted by atomic mass is 16.7. The fourth-order valence-electron chi connectivity index (χ4n) is 6.31. The van der Waals surface area contributed by atoms with Gasteiger partial charge in [0, 0.05) is 37.7 Å². The zero-order valence-corrected chi connectivity index (χ0v) is 28.2. The molecule has 252 valence electrons. The number of likely N-dealkylation sites (N-methyl/N-ethyl adjacent to an activating group) is 1. The third-order valence-corrected chi connectivity index (χ3v) is 9.10. The van der Waals surface area contributed by atoms with Crippen LogP contribution in [0.25, 0.3) is 11.1 Å². The largest absolute Gasteiger partial charge is 0.392 e. The number of carbonyl (C=O) groups is 1. The van der Waals surface area contributed by atoms with E-state index in [1.54, 1.807) is 0 Å². The molecule has 0 spiro atoms. The summed E-state index contributed by atoms with van der Waals surface area (Å²) in [6, 6.07) is 44.7. The van der Waals surface area contributed by atoms with Gasteiger partial charge in [-0.1, -0.05) is 134 Å². The van der Waals surface area contributed by atoms with Gasteiger partial charge in [-0.25, -0.2) is 4.79 Å². The Labute approximate surface area is 289 Å². The lowest BCUT2D eigenvalue weighted by Crippen LogP contribution is -2.43. The molecule has 5 aromatic carbocycles. The Morgan fingerprint density at radius 2 is 1.29 bits per heavy atom. The molecule has 49 heavy (non-hydrogen) atoms. The molecule has 7 nitrogen and oxygen atoms in total. The van der Waals surface area contributed by atoms with Crippen LogP contribution in [0.1, 0.15) is 52.7 Å².